The first-order chi connectivity index (χ1) is 21.1. The maximum atomic E-state index is 15.0. The van der Waals surface area contributed by atoms with Crippen molar-refractivity contribution < 1.29 is 22.4 Å². The number of sulfonamides is 1. The van der Waals surface area contributed by atoms with Crippen molar-refractivity contribution in [2.24, 2.45) is 0 Å². The number of amides is 2. The summed E-state index contributed by atoms with van der Waals surface area (Å²) in [6.07, 6.45) is 0.779. The van der Waals surface area contributed by atoms with E-state index in [4.69, 9.17) is 11.6 Å². The van der Waals surface area contributed by atoms with Crippen molar-refractivity contribution in [3.05, 3.63) is 131 Å². The van der Waals surface area contributed by atoms with Gasteiger partial charge in [0.2, 0.25) is 11.8 Å². The molecule has 0 aliphatic rings. The van der Waals surface area contributed by atoms with Crippen molar-refractivity contribution in [2.75, 3.05) is 10.8 Å². The Morgan fingerprint density at radius 2 is 1.45 bits per heavy atom. The van der Waals surface area contributed by atoms with E-state index >= 15 is 0 Å². The molecule has 0 unspecified atom stereocenters. The average molecular weight is 636 g/mol. The number of rotatable bonds is 13. The number of halogens is 2. The third-order valence-electron chi connectivity index (χ3n) is 7.30. The lowest BCUT2D eigenvalue weighted by Crippen LogP contribution is -2.54. The fourth-order valence-corrected chi connectivity index (χ4v) is 6.43. The summed E-state index contributed by atoms with van der Waals surface area (Å²) < 4.78 is 43.9. The summed E-state index contributed by atoms with van der Waals surface area (Å²) in [6, 6.07) is 27.9. The van der Waals surface area contributed by atoms with Gasteiger partial charge in [-0.05, 0) is 49.2 Å². The molecule has 10 heteroatoms. The molecule has 2 atom stereocenters. The van der Waals surface area contributed by atoms with Crippen LogP contribution < -0.4 is 9.62 Å². The van der Waals surface area contributed by atoms with E-state index in [0.717, 1.165) is 9.87 Å². The highest BCUT2D eigenvalue weighted by Crippen LogP contribution is 2.31. The van der Waals surface area contributed by atoms with Crippen LogP contribution in [0.2, 0.25) is 5.02 Å². The van der Waals surface area contributed by atoms with Crippen LogP contribution in [0.25, 0.3) is 0 Å². The van der Waals surface area contributed by atoms with Gasteiger partial charge in [0, 0.05) is 24.6 Å². The highest BCUT2D eigenvalue weighted by Gasteiger charge is 2.35. The van der Waals surface area contributed by atoms with Gasteiger partial charge in [0.15, 0.2) is 0 Å². The molecule has 2 amide bonds. The van der Waals surface area contributed by atoms with Crippen LogP contribution in [0, 0.1) is 5.82 Å². The number of hydrogen-bond acceptors (Lipinski definition) is 4. The Balaban J connectivity index is 1.82. The number of carbonyl (C=O) groups is 2. The summed E-state index contributed by atoms with van der Waals surface area (Å²) in [6.45, 7) is 2.83. The van der Waals surface area contributed by atoms with Crippen molar-refractivity contribution in [3.63, 3.8) is 0 Å². The normalized spacial score (nSPS) is 12.6. The number of para-hydroxylation sites is 1. The van der Waals surface area contributed by atoms with Gasteiger partial charge in [0.05, 0.1) is 15.6 Å². The molecule has 0 saturated carbocycles. The number of nitrogens with zero attached hydrogens (tertiary/aromatic N) is 2. The van der Waals surface area contributed by atoms with Crippen LogP contribution in [0.4, 0.5) is 10.1 Å². The highest BCUT2D eigenvalue weighted by molar-refractivity contribution is 7.92. The molecule has 0 fully saturated rings. The molecular formula is C34H35ClFN3O4S. The number of carbonyl (C=O) groups excluding carboxylic acids is 2. The van der Waals surface area contributed by atoms with E-state index in [1.54, 1.807) is 36.4 Å². The first-order valence-electron chi connectivity index (χ1n) is 14.3. The largest absolute Gasteiger partial charge is 0.352 e. The summed E-state index contributed by atoms with van der Waals surface area (Å²) in [5, 5.41) is 3.08. The number of nitrogens with one attached hydrogen (secondary N) is 1. The van der Waals surface area contributed by atoms with Crippen LogP contribution in [0.15, 0.2) is 114 Å². The zero-order chi connectivity index (χ0) is 31.7. The third kappa shape index (κ3) is 8.03. The predicted octanol–water partition coefficient (Wildman–Crippen LogP) is 6.23. The summed E-state index contributed by atoms with van der Waals surface area (Å²) >= 11 is 6.47. The molecule has 1 N–H and O–H groups in total. The van der Waals surface area contributed by atoms with Crippen LogP contribution in [0.1, 0.15) is 31.4 Å². The van der Waals surface area contributed by atoms with E-state index in [1.807, 2.05) is 44.2 Å². The highest BCUT2D eigenvalue weighted by atomic mass is 35.5. The second-order valence-corrected chi connectivity index (χ2v) is 12.7. The Kier molecular flexibility index (Phi) is 11.1. The smallest absolute Gasteiger partial charge is 0.264 e. The quantitative estimate of drug-likeness (QED) is 0.189. The van der Waals surface area contributed by atoms with E-state index in [0.29, 0.717) is 6.42 Å². The molecule has 0 heterocycles. The Hall–Kier alpha value is -4.21. The molecule has 4 rings (SSSR count). The average Bonchev–Trinajstić information content (AvgIpc) is 3.03. The standard InChI is InChI=1S/C34H35ClFN3O4S/c1-3-25(2)37-34(41)32(22-26-14-6-4-7-15-26)38(23-27-16-10-12-20-30(27)36)33(40)24-39(31-21-13-11-19-29(31)35)44(42,43)28-17-8-5-9-18-28/h4-21,25,32H,3,22-24H2,1-2H3,(H,37,41)/t25-,32-/m1/s1. The summed E-state index contributed by atoms with van der Waals surface area (Å²) in [7, 11) is -4.29. The molecule has 0 spiro atoms. The van der Waals surface area contributed by atoms with Gasteiger partial charge < -0.3 is 10.2 Å². The number of hydrogen-bond donors (Lipinski definition) is 1. The Morgan fingerprint density at radius 3 is 2.09 bits per heavy atom. The fourth-order valence-electron chi connectivity index (χ4n) is 4.69. The summed E-state index contributed by atoms with van der Waals surface area (Å²) in [4.78, 5) is 29.4. The summed E-state index contributed by atoms with van der Waals surface area (Å²) in [5.41, 5.74) is 1.06. The van der Waals surface area contributed by atoms with Crippen LogP contribution >= 0.6 is 11.6 Å². The molecule has 0 aromatic heterocycles. The van der Waals surface area contributed by atoms with Crippen molar-refractivity contribution in [1.29, 1.82) is 0 Å². The molecule has 0 aliphatic heterocycles. The number of benzene rings is 4. The van der Waals surface area contributed by atoms with Gasteiger partial charge in [-0.2, -0.15) is 0 Å². The first-order valence-corrected chi connectivity index (χ1v) is 16.1. The molecule has 4 aromatic rings. The topological polar surface area (TPSA) is 86.8 Å². The van der Waals surface area contributed by atoms with E-state index in [2.05, 4.69) is 5.32 Å². The molecule has 0 saturated heterocycles. The minimum atomic E-state index is -4.29. The molecule has 230 valence electrons. The van der Waals surface area contributed by atoms with E-state index in [-0.39, 0.29) is 40.2 Å². The fraction of sp³-hybridized carbons (Fsp3) is 0.235. The zero-order valence-corrected chi connectivity index (χ0v) is 26.1. The second-order valence-electron chi connectivity index (χ2n) is 10.4. The van der Waals surface area contributed by atoms with E-state index < -0.39 is 40.2 Å². The zero-order valence-electron chi connectivity index (χ0n) is 24.6. The maximum absolute atomic E-state index is 15.0. The van der Waals surface area contributed by atoms with Gasteiger partial charge in [0.1, 0.15) is 18.4 Å². The van der Waals surface area contributed by atoms with Gasteiger partial charge in [0.25, 0.3) is 10.0 Å². The second kappa shape index (κ2) is 15.0. The Morgan fingerprint density at radius 1 is 0.864 bits per heavy atom. The lowest BCUT2D eigenvalue weighted by molar-refractivity contribution is -0.140. The van der Waals surface area contributed by atoms with Crippen molar-refractivity contribution in [1.82, 2.24) is 10.2 Å². The maximum Gasteiger partial charge on any atom is 0.264 e. The Bertz CT molecular complexity index is 1670. The molecule has 0 aliphatic carbocycles. The first kappa shape index (κ1) is 32.7. The van der Waals surface area contributed by atoms with Crippen LogP contribution in [0.3, 0.4) is 0 Å². The number of anilines is 1. The van der Waals surface area contributed by atoms with E-state index in [1.165, 1.54) is 47.4 Å². The van der Waals surface area contributed by atoms with Crippen molar-refractivity contribution >= 4 is 39.1 Å². The van der Waals surface area contributed by atoms with Gasteiger partial charge in [-0.3, -0.25) is 13.9 Å². The molecule has 0 radical (unpaired) electrons. The molecule has 0 bridgehead atoms. The predicted molar refractivity (Wildman–Crippen MR) is 171 cm³/mol. The SMILES string of the molecule is CC[C@@H](C)NC(=O)[C@@H](Cc1ccccc1)N(Cc1ccccc1F)C(=O)CN(c1ccccc1Cl)S(=O)(=O)c1ccccc1. The molecule has 44 heavy (non-hydrogen) atoms. The van der Waals surface area contributed by atoms with Gasteiger partial charge in [-0.15, -0.1) is 0 Å². The molecular weight excluding hydrogens is 601 g/mol. The molecule has 4 aromatic carbocycles. The lowest BCUT2D eigenvalue weighted by Gasteiger charge is -2.34. The van der Waals surface area contributed by atoms with Gasteiger partial charge in [-0.25, -0.2) is 12.8 Å². The van der Waals surface area contributed by atoms with Crippen LogP contribution in [0.5, 0.6) is 0 Å². The monoisotopic (exact) mass is 635 g/mol. The molecule has 7 nitrogen and oxygen atoms in total. The van der Waals surface area contributed by atoms with Crippen LogP contribution in [-0.4, -0.2) is 43.8 Å². The Labute approximate surface area is 263 Å². The van der Waals surface area contributed by atoms with Crippen LogP contribution in [-0.2, 0) is 32.6 Å². The minimum Gasteiger partial charge on any atom is -0.352 e. The third-order valence-corrected chi connectivity index (χ3v) is 9.40. The van der Waals surface area contributed by atoms with Gasteiger partial charge in [-0.1, -0.05) is 97.4 Å². The van der Waals surface area contributed by atoms with Crippen molar-refractivity contribution in [3.8, 4) is 0 Å². The lowest BCUT2D eigenvalue weighted by atomic mass is 10.0. The van der Waals surface area contributed by atoms with Crippen molar-refractivity contribution in [2.45, 2.75) is 50.2 Å². The minimum absolute atomic E-state index is 0.0382. The summed E-state index contributed by atoms with van der Waals surface area (Å²) in [5.74, 6) is -1.68. The van der Waals surface area contributed by atoms with Gasteiger partial charge >= 0.3 is 0 Å². The van der Waals surface area contributed by atoms with E-state index in [9.17, 15) is 22.4 Å².